The average molecular weight is 391 g/mol. The summed E-state index contributed by atoms with van der Waals surface area (Å²) >= 11 is 5.82. The number of nitrogens with zero attached hydrogens (tertiary/aromatic N) is 2. The van der Waals surface area contributed by atoms with E-state index in [0.29, 0.717) is 35.1 Å². The number of hydrogen-bond acceptors (Lipinski definition) is 3. The second kappa shape index (κ2) is 7.96. The lowest BCUT2D eigenvalue weighted by molar-refractivity contribution is -0.142. The van der Waals surface area contributed by atoms with Crippen molar-refractivity contribution >= 4 is 29.1 Å². The van der Waals surface area contributed by atoms with E-state index in [1.165, 1.54) is 15.9 Å². The van der Waals surface area contributed by atoms with Gasteiger partial charge < -0.3 is 14.5 Å². The second-order valence-electron chi connectivity index (χ2n) is 6.43. The van der Waals surface area contributed by atoms with Crippen molar-refractivity contribution in [3.63, 3.8) is 0 Å². The van der Waals surface area contributed by atoms with Gasteiger partial charge in [-0.25, -0.2) is 4.39 Å². The van der Waals surface area contributed by atoms with Gasteiger partial charge in [0.15, 0.2) is 6.61 Å². The van der Waals surface area contributed by atoms with Crippen LogP contribution in [0, 0.1) is 12.7 Å². The molecule has 142 valence electrons. The van der Waals surface area contributed by atoms with Crippen LogP contribution in [0.5, 0.6) is 5.75 Å². The fourth-order valence-electron chi connectivity index (χ4n) is 2.98. The molecule has 1 heterocycles. The maximum atomic E-state index is 13.8. The molecule has 0 spiro atoms. The van der Waals surface area contributed by atoms with Crippen LogP contribution >= 0.6 is 11.6 Å². The molecule has 2 aromatic rings. The molecular formula is C20H20ClFN2O3. The third kappa shape index (κ3) is 4.22. The van der Waals surface area contributed by atoms with Crippen LogP contribution in [-0.2, 0) is 9.59 Å². The molecule has 1 aliphatic rings. The van der Waals surface area contributed by atoms with Crippen molar-refractivity contribution in [3.05, 3.63) is 58.9 Å². The number of benzene rings is 2. The molecular weight excluding hydrogens is 371 g/mol. The van der Waals surface area contributed by atoms with E-state index >= 15 is 0 Å². The highest BCUT2D eigenvalue weighted by Gasteiger charge is 2.35. The SMILES string of the molecule is Cc1ccc(N2CCN(C(=O)COc3ccc(Cl)cc3)C(C)C2=O)cc1F. The Bertz CT molecular complexity index is 857. The number of ether oxygens (including phenoxy) is 1. The van der Waals surface area contributed by atoms with Crippen molar-refractivity contribution in [2.75, 3.05) is 24.6 Å². The molecule has 0 bridgehead atoms. The number of anilines is 1. The van der Waals surface area contributed by atoms with Crippen LogP contribution in [0.4, 0.5) is 10.1 Å². The first kappa shape index (κ1) is 19.2. The first-order chi connectivity index (χ1) is 12.9. The highest BCUT2D eigenvalue weighted by atomic mass is 35.5. The molecule has 7 heteroatoms. The highest BCUT2D eigenvalue weighted by molar-refractivity contribution is 6.30. The molecule has 27 heavy (non-hydrogen) atoms. The van der Waals surface area contributed by atoms with E-state index in [0.717, 1.165) is 0 Å². The van der Waals surface area contributed by atoms with Crippen molar-refractivity contribution in [3.8, 4) is 5.75 Å². The number of aryl methyl sites for hydroxylation is 1. The molecule has 3 rings (SSSR count). The van der Waals surface area contributed by atoms with E-state index in [1.54, 1.807) is 50.2 Å². The Hall–Kier alpha value is -2.60. The Morgan fingerprint density at radius 2 is 1.93 bits per heavy atom. The summed E-state index contributed by atoms with van der Waals surface area (Å²) in [7, 11) is 0. The maximum absolute atomic E-state index is 13.8. The van der Waals surface area contributed by atoms with Crippen molar-refractivity contribution in [2.45, 2.75) is 19.9 Å². The molecule has 1 saturated heterocycles. The maximum Gasteiger partial charge on any atom is 0.261 e. The largest absolute Gasteiger partial charge is 0.484 e. The van der Waals surface area contributed by atoms with Gasteiger partial charge in [-0.15, -0.1) is 0 Å². The third-order valence-electron chi connectivity index (χ3n) is 4.62. The monoisotopic (exact) mass is 390 g/mol. The van der Waals surface area contributed by atoms with Crippen LogP contribution in [0.1, 0.15) is 12.5 Å². The minimum absolute atomic E-state index is 0.168. The van der Waals surface area contributed by atoms with E-state index in [9.17, 15) is 14.0 Å². The molecule has 0 aliphatic carbocycles. The normalized spacial score (nSPS) is 17.2. The highest BCUT2D eigenvalue weighted by Crippen LogP contribution is 2.23. The number of carbonyl (C=O) groups is 2. The minimum Gasteiger partial charge on any atom is -0.484 e. The Balaban J connectivity index is 1.64. The van der Waals surface area contributed by atoms with Gasteiger partial charge in [-0.2, -0.15) is 0 Å². The summed E-state index contributed by atoms with van der Waals surface area (Å²) in [6.07, 6.45) is 0. The standard InChI is InChI=1S/C20H20ClFN2O3/c1-13-3-6-16(11-18(13)22)24-10-9-23(14(2)20(24)26)19(25)12-27-17-7-4-15(21)5-8-17/h3-8,11,14H,9-10,12H2,1-2H3. The number of halogens is 2. The number of carbonyl (C=O) groups excluding carboxylic acids is 2. The van der Waals surface area contributed by atoms with Crippen LogP contribution in [0.2, 0.25) is 5.02 Å². The molecule has 0 N–H and O–H groups in total. The molecule has 1 fully saturated rings. The van der Waals surface area contributed by atoms with Gasteiger partial charge in [0.05, 0.1) is 0 Å². The summed E-state index contributed by atoms with van der Waals surface area (Å²) in [5.41, 5.74) is 1.02. The molecule has 0 aromatic heterocycles. The lowest BCUT2D eigenvalue weighted by atomic mass is 10.1. The number of rotatable bonds is 4. The van der Waals surface area contributed by atoms with Crippen molar-refractivity contribution in [1.29, 1.82) is 0 Å². The van der Waals surface area contributed by atoms with E-state index in [1.807, 2.05) is 0 Å². The third-order valence-corrected chi connectivity index (χ3v) is 4.87. The predicted octanol–water partition coefficient (Wildman–Crippen LogP) is 3.43. The summed E-state index contributed by atoms with van der Waals surface area (Å²) in [5.74, 6) is -0.354. The topological polar surface area (TPSA) is 49.9 Å². The number of piperazine rings is 1. The molecule has 1 aliphatic heterocycles. The molecule has 0 saturated carbocycles. The smallest absolute Gasteiger partial charge is 0.261 e. The summed E-state index contributed by atoms with van der Waals surface area (Å²) in [4.78, 5) is 28.2. The fourth-order valence-corrected chi connectivity index (χ4v) is 3.10. The van der Waals surface area contributed by atoms with Crippen LogP contribution in [0.25, 0.3) is 0 Å². The van der Waals surface area contributed by atoms with Crippen LogP contribution in [0.15, 0.2) is 42.5 Å². The summed E-state index contributed by atoms with van der Waals surface area (Å²) in [6, 6.07) is 10.7. The van der Waals surface area contributed by atoms with Gasteiger partial charge in [0.25, 0.3) is 5.91 Å². The Labute approximate surface area is 162 Å². The van der Waals surface area contributed by atoms with Gasteiger partial charge in [-0.05, 0) is 55.8 Å². The Morgan fingerprint density at radius 3 is 2.59 bits per heavy atom. The number of hydrogen-bond donors (Lipinski definition) is 0. The molecule has 5 nitrogen and oxygen atoms in total. The quantitative estimate of drug-likeness (QED) is 0.803. The van der Waals surface area contributed by atoms with Crippen LogP contribution in [-0.4, -0.2) is 42.5 Å². The van der Waals surface area contributed by atoms with Gasteiger partial charge in [0, 0.05) is 23.8 Å². The van der Waals surface area contributed by atoms with Gasteiger partial charge in [0.1, 0.15) is 17.6 Å². The van der Waals surface area contributed by atoms with E-state index < -0.39 is 6.04 Å². The summed E-state index contributed by atoms with van der Waals surface area (Å²) < 4.78 is 19.3. The van der Waals surface area contributed by atoms with Crippen LogP contribution in [0.3, 0.4) is 0 Å². The summed E-state index contributed by atoms with van der Waals surface area (Å²) in [5, 5.41) is 0.580. The van der Waals surface area contributed by atoms with Gasteiger partial charge in [-0.1, -0.05) is 17.7 Å². The van der Waals surface area contributed by atoms with E-state index in [4.69, 9.17) is 16.3 Å². The zero-order valence-corrected chi connectivity index (χ0v) is 15.9. The molecule has 1 unspecified atom stereocenters. The lowest BCUT2D eigenvalue weighted by Gasteiger charge is -2.39. The predicted molar refractivity (Wildman–Crippen MR) is 102 cm³/mol. The molecule has 0 radical (unpaired) electrons. The van der Waals surface area contributed by atoms with E-state index in [2.05, 4.69) is 0 Å². The first-order valence-electron chi connectivity index (χ1n) is 8.62. The first-order valence-corrected chi connectivity index (χ1v) is 9.00. The molecule has 2 amide bonds. The average Bonchev–Trinajstić information content (AvgIpc) is 2.65. The lowest BCUT2D eigenvalue weighted by Crippen LogP contribution is -2.58. The van der Waals surface area contributed by atoms with Gasteiger partial charge in [-0.3, -0.25) is 9.59 Å². The molecule has 1 atom stereocenters. The van der Waals surface area contributed by atoms with E-state index in [-0.39, 0.29) is 24.2 Å². The Kier molecular flexibility index (Phi) is 5.65. The number of amides is 2. The Morgan fingerprint density at radius 1 is 1.22 bits per heavy atom. The van der Waals surface area contributed by atoms with Gasteiger partial charge >= 0.3 is 0 Å². The zero-order chi connectivity index (χ0) is 19.6. The van der Waals surface area contributed by atoms with Crippen LogP contribution < -0.4 is 9.64 Å². The van der Waals surface area contributed by atoms with Crippen molar-refractivity contribution in [2.24, 2.45) is 0 Å². The van der Waals surface area contributed by atoms with Crippen molar-refractivity contribution in [1.82, 2.24) is 4.90 Å². The van der Waals surface area contributed by atoms with Gasteiger partial charge in [0.2, 0.25) is 5.91 Å². The zero-order valence-electron chi connectivity index (χ0n) is 15.1. The summed E-state index contributed by atoms with van der Waals surface area (Å²) in [6.45, 7) is 3.82. The fraction of sp³-hybridized carbons (Fsp3) is 0.300. The minimum atomic E-state index is -0.649. The second-order valence-corrected chi connectivity index (χ2v) is 6.87. The molecule has 2 aromatic carbocycles. The van der Waals surface area contributed by atoms with Crippen molar-refractivity contribution < 1.29 is 18.7 Å².